The highest BCUT2D eigenvalue weighted by Crippen LogP contribution is 2.38. The van der Waals surface area contributed by atoms with E-state index in [9.17, 15) is 4.39 Å². The molecule has 0 aromatic heterocycles. The number of halogens is 2. The average molecular weight is 295 g/mol. The second kappa shape index (κ2) is 5.59. The zero-order valence-electron chi connectivity index (χ0n) is 11.3. The first kappa shape index (κ1) is 14.5. The Kier molecular flexibility index (Phi) is 4.04. The van der Waals surface area contributed by atoms with Crippen LogP contribution in [0.3, 0.4) is 0 Å². The number of ether oxygens (including phenoxy) is 1. The molecule has 0 saturated heterocycles. The number of rotatable bonds is 3. The minimum absolute atomic E-state index is 0.0879. The minimum atomic E-state index is -0.751. The van der Waals surface area contributed by atoms with Crippen LogP contribution in [0.1, 0.15) is 25.3 Å². The van der Waals surface area contributed by atoms with Crippen molar-refractivity contribution in [3.05, 3.63) is 46.7 Å². The Morgan fingerprint density at radius 1 is 1.15 bits per heavy atom. The predicted molar refractivity (Wildman–Crippen MR) is 80.8 cm³/mol. The Morgan fingerprint density at radius 2 is 1.85 bits per heavy atom. The fourth-order valence-electron chi connectivity index (χ4n) is 1.81. The van der Waals surface area contributed by atoms with Gasteiger partial charge in [0.1, 0.15) is 10.8 Å². The van der Waals surface area contributed by atoms with Gasteiger partial charge in [-0.25, -0.2) is 4.39 Å². The van der Waals surface area contributed by atoms with E-state index < -0.39 is 5.82 Å². The first-order chi connectivity index (χ1) is 9.40. The van der Waals surface area contributed by atoms with E-state index in [-0.39, 0.29) is 22.1 Å². The van der Waals surface area contributed by atoms with Crippen molar-refractivity contribution in [2.45, 2.75) is 19.8 Å². The van der Waals surface area contributed by atoms with Crippen LogP contribution >= 0.6 is 11.6 Å². The van der Waals surface area contributed by atoms with Gasteiger partial charge in [-0.2, -0.15) is 0 Å². The highest BCUT2D eigenvalue weighted by molar-refractivity contribution is 6.33. The molecule has 0 radical (unpaired) electrons. The summed E-state index contributed by atoms with van der Waals surface area (Å²) < 4.78 is 19.6. The number of anilines is 2. The van der Waals surface area contributed by atoms with Crippen molar-refractivity contribution in [2.24, 2.45) is 0 Å². The van der Waals surface area contributed by atoms with Crippen molar-refractivity contribution in [2.75, 3.05) is 11.5 Å². The molecule has 0 unspecified atom stereocenters. The summed E-state index contributed by atoms with van der Waals surface area (Å²) in [4.78, 5) is 0. The summed E-state index contributed by atoms with van der Waals surface area (Å²) in [6.07, 6.45) is 0. The summed E-state index contributed by atoms with van der Waals surface area (Å²) in [6, 6.07) is 8.78. The van der Waals surface area contributed by atoms with E-state index in [2.05, 4.69) is 13.8 Å². The first-order valence-electron chi connectivity index (χ1n) is 6.21. The molecule has 0 amide bonds. The summed E-state index contributed by atoms with van der Waals surface area (Å²) in [7, 11) is 0. The zero-order valence-corrected chi connectivity index (χ0v) is 12.0. The predicted octanol–water partition coefficient (Wildman–Crippen LogP) is 4.56. The fourth-order valence-corrected chi connectivity index (χ4v) is 1.95. The molecule has 2 aromatic carbocycles. The van der Waals surface area contributed by atoms with Crippen molar-refractivity contribution >= 4 is 23.0 Å². The van der Waals surface area contributed by atoms with Crippen molar-refractivity contribution in [3.8, 4) is 11.5 Å². The van der Waals surface area contributed by atoms with Crippen molar-refractivity contribution in [3.63, 3.8) is 0 Å². The van der Waals surface area contributed by atoms with Gasteiger partial charge in [-0.15, -0.1) is 0 Å². The van der Waals surface area contributed by atoms with Crippen LogP contribution in [0.15, 0.2) is 30.3 Å². The van der Waals surface area contributed by atoms with Gasteiger partial charge in [-0.3, -0.25) is 0 Å². The summed E-state index contributed by atoms with van der Waals surface area (Å²) >= 11 is 5.77. The van der Waals surface area contributed by atoms with Crippen LogP contribution in [-0.2, 0) is 0 Å². The third-order valence-corrected chi connectivity index (χ3v) is 3.35. The lowest BCUT2D eigenvalue weighted by Crippen LogP contribution is -2.00. The first-order valence-corrected chi connectivity index (χ1v) is 6.58. The zero-order chi connectivity index (χ0) is 14.9. The highest BCUT2D eigenvalue weighted by atomic mass is 35.5. The fraction of sp³-hybridized carbons (Fsp3) is 0.200. The van der Waals surface area contributed by atoms with Crippen molar-refractivity contribution in [1.29, 1.82) is 0 Å². The summed E-state index contributed by atoms with van der Waals surface area (Å²) in [5.41, 5.74) is 12.6. The number of nitrogens with two attached hydrogens (primary N) is 2. The second-order valence-electron chi connectivity index (χ2n) is 4.84. The summed E-state index contributed by atoms with van der Waals surface area (Å²) in [6.45, 7) is 4.13. The van der Waals surface area contributed by atoms with Gasteiger partial charge in [0.15, 0.2) is 11.6 Å². The monoisotopic (exact) mass is 294 g/mol. The Balaban J connectivity index is 2.40. The maximum absolute atomic E-state index is 14.1. The normalized spacial score (nSPS) is 10.8. The van der Waals surface area contributed by atoms with E-state index in [1.165, 1.54) is 6.07 Å². The van der Waals surface area contributed by atoms with Crippen LogP contribution in [-0.4, -0.2) is 0 Å². The van der Waals surface area contributed by atoms with Crippen LogP contribution in [0.4, 0.5) is 15.8 Å². The van der Waals surface area contributed by atoms with Gasteiger partial charge < -0.3 is 16.2 Å². The number of benzene rings is 2. The summed E-state index contributed by atoms with van der Waals surface area (Å²) in [5.74, 6) is -0.0115. The number of hydrogen-bond acceptors (Lipinski definition) is 3. The molecule has 0 bridgehead atoms. The molecule has 0 heterocycles. The van der Waals surface area contributed by atoms with Gasteiger partial charge in [0.2, 0.25) is 0 Å². The number of hydrogen-bond donors (Lipinski definition) is 2. The molecule has 0 spiro atoms. The molecule has 0 atom stereocenters. The van der Waals surface area contributed by atoms with E-state index in [4.69, 9.17) is 27.8 Å². The van der Waals surface area contributed by atoms with E-state index in [1.54, 1.807) is 6.07 Å². The molecule has 2 aromatic rings. The van der Waals surface area contributed by atoms with Crippen LogP contribution < -0.4 is 16.2 Å². The second-order valence-corrected chi connectivity index (χ2v) is 5.22. The quantitative estimate of drug-likeness (QED) is 0.816. The third kappa shape index (κ3) is 2.80. The Hall–Kier alpha value is -1.94. The lowest BCUT2D eigenvalue weighted by Gasteiger charge is -2.13. The van der Waals surface area contributed by atoms with E-state index in [0.29, 0.717) is 11.7 Å². The molecule has 0 fully saturated rings. The van der Waals surface area contributed by atoms with Gasteiger partial charge >= 0.3 is 0 Å². The van der Waals surface area contributed by atoms with Gasteiger partial charge in [-0.1, -0.05) is 37.6 Å². The maximum atomic E-state index is 14.1. The minimum Gasteiger partial charge on any atom is -0.452 e. The van der Waals surface area contributed by atoms with Crippen LogP contribution in [0.2, 0.25) is 5.02 Å². The third-order valence-electron chi connectivity index (χ3n) is 2.96. The molecule has 0 aliphatic heterocycles. The Bertz CT molecular complexity index is 644. The molecule has 106 valence electrons. The summed E-state index contributed by atoms with van der Waals surface area (Å²) in [5, 5.41) is -0.186. The van der Waals surface area contributed by atoms with Gasteiger partial charge in [0, 0.05) is 0 Å². The van der Waals surface area contributed by atoms with E-state index >= 15 is 0 Å². The average Bonchev–Trinajstić information content (AvgIpc) is 2.41. The van der Waals surface area contributed by atoms with Crippen LogP contribution in [0.5, 0.6) is 11.5 Å². The molecule has 20 heavy (non-hydrogen) atoms. The van der Waals surface area contributed by atoms with Crippen LogP contribution in [0.25, 0.3) is 0 Å². The molecule has 3 nitrogen and oxygen atoms in total. The molecule has 2 rings (SSSR count). The van der Waals surface area contributed by atoms with Gasteiger partial charge in [0.05, 0.1) is 11.4 Å². The standard InChI is InChI=1S/C15H16ClFN2O/c1-8(2)9-4-3-5-10(6-9)20-15-12(19)7-11(18)13(16)14(15)17/h3-8H,18-19H2,1-2H3. The van der Waals surface area contributed by atoms with Gasteiger partial charge in [-0.05, 0) is 29.7 Å². The molecule has 4 N–H and O–H groups in total. The topological polar surface area (TPSA) is 61.3 Å². The molecule has 5 heteroatoms. The van der Waals surface area contributed by atoms with Crippen molar-refractivity contribution < 1.29 is 9.13 Å². The molecule has 0 aliphatic carbocycles. The lowest BCUT2D eigenvalue weighted by atomic mass is 10.0. The van der Waals surface area contributed by atoms with Crippen LogP contribution in [0, 0.1) is 5.82 Å². The Morgan fingerprint density at radius 3 is 2.50 bits per heavy atom. The van der Waals surface area contributed by atoms with E-state index in [1.807, 2.05) is 18.2 Å². The number of nitrogen functional groups attached to an aromatic ring is 2. The molecular formula is C15H16ClFN2O. The Labute approximate surface area is 122 Å². The van der Waals surface area contributed by atoms with E-state index in [0.717, 1.165) is 5.56 Å². The largest absolute Gasteiger partial charge is 0.452 e. The highest BCUT2D eigenvalue weighted by Gasteiger charge is 2.16. The maximum Gasteiger partial charge on any atom is 0.188 e. The van der Waals surface area contributed by atoms with Crippen molar-refractivity contribution in [1.82, 2.24) is 0 Å². The molecule has 0 saturated carbocycles. The van der Waals surface area contributed by atoms with Gasteiger partial charge in [0.25, 0.3) is 0 Å². The SMILES string of the molecule is CC(C)c1cccc(Oc2c(N)cc(N)c(Cl)c2F)c1. The molecule has 0 aliphatic rings. The molecular weight excluding hydrogens is 279 g/mol. The smallest absolute Gasteiger partial charge is 0.188 e. The lowest BCUT2D eigenvalue weighted by molar-refractivity contribution is 0.444.